The van der Waals surface area contributed by atoms with Gasteiger partial charge in [-0.25, -0.2) is 0 Å². The van der Waals surface area contributed by atoms with Gasteiger partial charge in [0.2, 0.25) is 12.7 Å². The molecule has 0 saturated carbocycles. The normalized spacial score (nSPS) is 17.9. The van der Waals surface area contributed by atoms with Crippen LogP contribution in [0.5, 0.6) is 11.5 Å². The fourth-order valence-corrected chi connectivity index (χ4v) is 3.95. The Morgan fingerprint density at radius 3 is 2.48 bits per heavy atom. The average Bonchev–Trinajstić information content (AvgIpc) is 3.17. The van der Waals surface area contributed by atoms with Crippen LogP contribution in [0.3, 0.4) is 0 Å². The first-order valence-corrected chi connectivity index (χ1v) is 9.55. The van der Waals surface area contributed by atoms with Crippen LogP contribution in [0.4, 0.5) is 0 Å². The summed E-state index contributed by atoms with van der Waals surface area (Å²) in [4.78, 5) is 12.9. The van der Waals surface area contributed by atoms with Gasteiger partial charge in [0.05, 0.1) is 5.41 Å². The molecule has 1 aromatic rings. The Balaban J connectivity index is 0.00000261. The highest BCUT2D eigenvalue weighted by atomic mass is 35.5. The molecular formula is C20H31ClN2O4. The molecule has 2 aliphatic rings. The van der Waals surface area contributed by atoms with E-state index in [1.807, 2.05) is 19.9 Å². The average molecular weight is 399 g/mol. The molecule has 3 N–H and O–H groups in total. The fraction of sp³-hybridized carbons (Fsp3) is 0.650. The second-order valence-electron chi connectivity index (χ2n) is 7.33. The summed E-state index contributed by atoms with van der Waals surface area (Å²) >= 11 is 0. The molecule has 6 nitrogen and oxygen atoms in total. The topological polar surface area (TPSA) is 82.8 Å². The van der Waals surface area contributed by atoms with Crippen molar-refractivity contribution in [3.05, 3.63) is 23.8 Å². The number of nitrogens with two attached hydrogens (primary N) is 1. The summed E-state index contributed by atoms with van der Waals surface area (Å²) in [5.41, 5.74) is 6.46. The summed E-state index contributed by atoms with van der Waals surface area (Å²) < 4.78 is 16.6. The smallest absolute Gasteiger partial charge is 0.231 e. The predicted octanol–water partition coefficient (Wildman–Crippen LogP) is 2.77. The highest BCUT2D eigenvalue weighted by Crippen LogP contribution is 2.40. The first kappa shape index (κ1) is 21.8. The minimum atomic E-state index is -0.485. The van der Waals surface area contributed by atoms with Crippen LogP contribution in [0.15, 0.2) is 18.2 Å². The van der Waals surface area contributed by atoms with Crippen molar-refractivity contribution in [1.82, 2.24) is 5.32 Å². The van der Waals surface area contributed by atoms with Crippen molar-refractivity contribution < 1.29 is 19.0 Å². The third-order valence-corrected chi connectivity index (χ3v) is 6.25. The zero-order chi connectivity index (χ0) is 18.6. The van der Waals surface area contributed by atoms with Crippen molar-refractivity contribution in [3.63, 3.8) is 0 Å². The molecule has 0 aromatic heterocycles. The van der Waals surface area contributed by atoms with Gasteiger partial charge < -0.3 is 25.3 Å². The lowest BCUT2D eigenvalue weighted by atomic mass is 9.73. The van der Waals surface area contributed by atoms with Gasteiger partial charge in [0.25, 0.3) is 0 Å². The molecule has 7 heteroatoms. The van der Waals surface area contributed by atoms with E-state index in [-0.39, 0.29) is 30.5 Å². The molecule has 2 heterocycles. The highest BCUT2D eigenvalue weighted by molar-refractivity contribution is 5.85. The van der Waals surface area contributed by atoms with Crippen LogP contribution >= 0.6 is 12.4 Å². The number of hydrogen-bond donors (Lipinski definition) is 2. The minimum absolute atomic E-state index is 0. The number of fused-ring (bicyclic) bond motifs is 1. The summed E-state index contributed by atoms with van der Waals surface area (Å²) in [6.45, 7) is 6.64. The molecule has 0 spiro atoms. The van der Waals surface area contributed by atoms with E-state index in [1.54, 1.807) is 0 Å². The van der Waals surface area contributed by atoms with Crippen molar-refractivity contribution in [3.8, 4) is 11.5 Å². The molecule has 1 saturated heterocycles. The summed E-state index contributed by atoms with van der Waals surface area (Å²) in [6, 6.07) is 6.09. The number of ether oxygens (including phenoxy) is 3. The molecule has 1 amide bonds. The first-order valence-electron chi connectivity index (χ1n) is 9.55. The number of benzene rings is 1. The van der Waals surface area contributed by atoms with Gasteiger partial charge in [-0.3, -0.25) is 4.79 Å². The van der Waals surface area contributed by atoms with Gasteiger partial charge in [0.1, 0.15) is 0 Å². The SMILES string of the molecule is CCC(CC)(CN)C(=O)NCC1(c2ccc3c(c2)OCO3)CCOCC1.Cl. The van der Waals surface area contributed by atoms with E-state index < -0.39 is 5.41 Å². The van der Waals surface area contributed by atoms with Crippen LogP contribution in [-0.2, 0) is 14.9 Å². The first-order chi connectivity index (χ1) is 12.6. The number of rotatable bonds is 7. The van der Waals surface area contributed by atoms with E-state index in [0.29, 0.717) is 26.3 Å². The van der Waals surface area contributed by atoms with E-state index in [4.69, 9.17) is 19.9 Å². The Morgan fingerprint density at radius 2 is 1.85 bits per heavy atom. The molecule has 0 aliphatic carbocycles. The Hall–Kier alpha value is -1.50. The van der Waals surface area contributed by atoms with Crippen LogP contribution in [0.25, 0.3) is 0 Å². The number of halogens is 1. The van der Waals surface area contributed by atoms with Gasteiger partial charge in [-0.05, 0) is 43.4 Å². The van der Waals surface area contributed by atoms with Crippen LogP contribution < -0.4 is 20.5 Å². The van der Waals surface area contributed by atoms with E-state index in [2.05, 4.69) is 17.4 Å². The summed E-state index contributed by atoms with van der Waals surface area (Å²) in [5.74, 6) is 1.61. The van der Waals surface area contributed by atoms with Gasteiger partial charge in [-0.15, -0.1) is 12.4 Å². The second-order valence-corrected chi connectivity index (χ2v) is 7.33. The Labute approximate surface area is 167 Å². The lowest BCUT2D eigenvalue weighted by molar-refractivity contribution is -0.131. The van der Waals surface area contributed by atoms with Gasteiger partial charge in [-0.1, -0.05) is 19.9 Å². The maximum absolute atomic E-state index is 12.9. The predicted molar refractivity (Wildman–Crippen MR) is 107 cm³/mol. The van der Waals surface area contributed by atoms with Gasteiger partial charge in [-0.2, -0.15) is 0 Å². The van der Waals surface area contributed by atoms with Crippen molar-refractivity contribution in [2.45, 2.75) is 44.9 Å². The lowest BCUT2D eigenvalue weighted by Crippen LogP contribution is -2.51. The largest absolute Gasteiger partial charge is 0.454 e. The highest BCUT2D eigenvalue weighted by Gasteiger charge is 2.39. The third kappa shape index (κ3) is 4.18. The Kier molecular flexibility index (Phi) is 7.37. The summed E-state index contributed by atoms with van der Waals surface area (Å²) in [6.07, 6.45) is 3.21. The van der Waals surface area contributed by atoms with Crippen molar-refractivity contribution in [2.24, 2.45) is 11.1 Å². The molecule has 152 valence electrons. The molecule has 0 atom stereocenters. The summed E-state index contributed by atoms with van der Waals surface area (Å²) in [5, 5.41) is 3.21. The van der Waals surface area contributed by atoms with Crippen molar-refractivity contribution in [1.29, 1.82) is 0 Å². The maximum Gasteiger partial charge on any atom is 0.231 e. The zero-order valence-corrected chi connectivity index (χ0v) is 17.0. The number of carbonyl (C=O) groups is 1. The standard InChI is InChI=1S/C20H30N2O4.ClH/c1-3-19(4-2,12-21)18(23)22-13-20(7-9-24-10-8-20)15-5-6-16-17(11-15)26-14-25-16;/h5-6,11H,3-4,7-10,12-14,21H2,1-2H3,(H,22,23);1H. The zero-order valence-electron chi connectivity index (χ0n) is 16.2. The number of carbonyl (C=O) groups excluding carboxylic acids is 1. The van der Waals surface area contributed by atoms with E-state index >= 15 is 0 Å². The van der Waals surface area contributed by atoms with Gasteiger partial charge in [0.15, 0.2) is 11.5 Å². The van der Waals surface area contributed by atoms with Crippen LogP contribution in [0.1, 0.15) is 45.1 Å². The molecule has 2 aliphatic heterocycles. The summed E-state index contributed by atoms with van der Waals surface area (Å²) in [7, 11) is 0. The van der Waals surface area contributed by atoms with Crippen LogP contribution in [0.2, 0.25) is 0 Å². The molecular weight excluding hydrogens is 368 g/mol. The molecule has 0 bridgehead atoms. The monoisotopic (exact) mass is 398 g/mol. The number of hydrogen-bond acceptors (Lipinski definition) is 5. The Morgan fingerprint density at radius 1 is 1.19 bits per heavy atom. The third-order valence-electron chi connectivity index (χ3n) is 6.25. The molecule has 1 fully saturated rings. The molecule has 0 radical (unpaired) electrons. The van der Waals surface area contributed by atoms with Crippen molar-refractivity contribution in [2.75, 3.05) is 33.1 Å². The van der Waals surface area contributed by atoms with Gasteiger partial charge in [0, 0.05) is 31.7 Å². The van der Waals surface area contributed by atoms with Crippen LogP contribution in [-0.4, -0.2) is 39.0 Å². The van der Waals surface area contributed by atoms with E-state index in [1.165, 1.54) is 0 Å². The number of nitrogens with one attached hydrogen (secondary N) is 1. The number of amides is 1. The minimum Gasteiger partial charge on any atom is -0.454 e. The lowest BCUT2D eigenvalue weighted by Gasteiger charge is -2.39. The molecule has 27 heavy (non-hydrogen) atoms. The van der Waals surface area contributed by atoms with Gasteiger partial charge >= 0.3 is 0 Å². The Bertz CT molecular complexity index is 635. The second kappa shape index (κ2) is 9.13. The molecule has 3 rings (SSSR count). The van der Waals surface area contributed by atoms with Crippen LogP contribution in [0, 0.1) is 5.41 Å². The molecule has 1 aromatic carbocycles. The molecule has 0 unspecified atom stereocenters. The van der Waals surface area contributed by atoms with Crippen molar-refractivity contribution >= 4 is 18.3 Å². The maximum atomic E-state index is 12.9. The fourth-order valence-electron chi connectivity index (χ4n) is 3.95. The quantitative estimate of drug-likeness (QED) is 0.737. The van der Waals surface area contributed by atoms with E-state index in [0.717, 1.165) is 42.7 Å². The van der Waals surface area contributed by atoms with E-state index in [9.17, 15) is 4.79 Å².